The lowest BCUT2D eigenvalue weighted by Gasteiger charge is -2.31. The van der Waals surface area contributed by atoms with Gasteiger partial charge in [-0.25, -0.2) is 24.3 Å². The Labute approximate surface area is 303 Å². The second-order valence-electron chi connectivity index (χ2n) is 14.7. The van der Waals surface area contributed by atoms with Gasteiger partial charge in [-0.05, 0) is 112 Å². The van der Waals surface area contributed by atoms with Crippen molar-refractivity contribution < 1.29 is 14.0 Å². The highest BCUT2D eigenvalue weighted by atomic mass is 19.1. The highest BCUT2D eigenvalue weighted by Crippen LogP contribution is 2.13. The average molecular weight is 692 g/mol. The van der Waals surface area contributed by atoms with Gasteiger partial charge in [-0.3, -0.25) is 9.59 Å². The molecule has 0 aliphatic rings. The third-order valence-electron chi connectivity index (χ3n) is 6.79. The fourth-order valence-corrected chi connectivity index (χ4v) is 3.44. The highest BCUT2D eigenvalue weighted by molar-refractivity contribution is 5.91. The van der Waals surface area contributed by atoms with E-state index in [1.54, 1.807) is 36.5 Å². The molecule has 51 heavy (non-hydrogen) atoms. The van der Waals surface area contributed by atoms with Crippen molar-refractivity contribution >= 4 is 11.8 Å². The fourth-order valence-electron chi connectivity index (χ4n) is 3.44. The molecule has 2 amide bonds. The number of halogens is 1. The second-order valence-corrected chi connectivity index (χ2v) is 14.7. The van der Waals surface area contributed by atoms with E-state index in [4.69, 9.17) is 0 Å². The molecule has 0 bridgehead atoms. The van der Waals surface area contributed by atoms with E-state index in [9.17, 15) is 14.0 Å². The van der Waals surface area contributed by atoms with Crippen molar-refractivity contribution in [3.8, 4) is 23.7 Å². The Morgan fingerprint density at radius 3 is 1.51 bits per heavy atom. The Balaban J connectivity index is 0.000000305. The van der Waals surface area contributed by atoms with Gasteiger partial charge in [0.25, 0.3) is 11.8 Å². The van der Waals surface area contributed by atoms with Gasteiger partial charge in [0.2, 0.25) is 11.6 Å². The van der Waals surface area contributed by atoms with E-state index in [1.807, 2.05) is 79.8 Å². The van der Waals surface area contributed by atoms with Crippen LogP contribution in [0.1, 0.15) is 111 Å². The van der Waals surface area contributed by atoms with Gasteiger partial charge >= 0.3 is 0 Å². The maximum absolute atomic E-state index is 13.1. The summed E-state index contributed by atoms with van der Waals surface area (Å²) in [5.74, 6) is 11.1. The van der Waals surface area contributed by atoms with Crippen LogP contribution in [0.15, 0.2) is 73.3 Å². The van der Waals surface area contributed by atoms with Gasteiger partial charge in [0, 0.05) is 59.6 Å². The molecule has 2 N–H and O–H groups in total. The normalized spacial score (nSPS) is 10.8. The first-order chi connectivity index (χ1) is 23.7. The maximum atomic E-state index is 13.1. The minimum Gasteiger partial charge on any atom is -0.345 e. The topological polar surface area (TPSA) is 113 Å². The Hall–Kier alpha value is -5.45. The molecule has 2 aromatic heterocycles. The Kier molecular flexibility index (Phi) is 15.1. The van der Waals surface area contributed by atoms with Crippen molar-refractivity contribution in [1.82, 2.24) is 35.5 Å². The molecule has 4 aromatic rings. The van der Waals surface area contributed by atoms with Crippen LogP contribution in [0, 0.1) is 36.4 Å². The summed E-state index contributed by atoms with van der Waals surface area (Å²) < 4.78 is 13.1. The second kappa shape index (κ2) is 18.5. The summed E-state index contributed by atoms with van der Waals surface area (Å²) >= 11 is 0. The molecule has 2 aromatic carbocycles. The molecule has 0 unspecified atom stereocenters. The van der Waals surface area contributed by atoms with Crippen molar-refractivity contribution in [2.45, 2.75) is 85.9 Å². The van der Waals surface area contributed by atoms with Gasteiger partial charge in [0.15, 0.2) is 0 Å². The molecule has 0 radical (unpaired) electrons. The molecule has 268 valence electrons. The molecule has 0 spiro atoms. The number of hydrogen-bond acceptors (Lipinski definition) is 7. The molecule has 2 heterocycles. The van der Waals surface area contributed by atoms with Gasteiger partial charge in [0.1, 0.15) is 5.82 Å². The SMILES string of the molecule is CN(C(=O)c1ncc(C#Cc2cccc(F)c2)cn1)C(C)(C)C.CNC(C)(C)C.Cc1cccc(C#Cc2cnc(C(=O)NC(C)(C)C)nc2)c1. The third-order valence-corrected chi connectivity index (χ3v) is 6.79. The number of carbonyl (C=O) groups excluding carboxylic acids is 2. The third kappa shape index (κ3) is 16.2. The number of aromatic nitrogens is 4. The summed E-state index contributed by atoms with van der Waals surface area (Å²) in [6.07, 6.45) is 6.10. The smallest absolute Gasteiger partial charge is 0.291 e. The Morgan fingerprint density at radius 2 is 1.10 bits per heavy atom. The quantitative estimate of drug-likeness (QED) is 0.228. The van der Waals surface area contributed by atoms with E-state index in [0.717, 1.165) is 11.1 Å². The average Bonchev–Trinajstić information content (AvgIpc) is 3.05. The lowest BCUT2D eigenvalue weighted by molar-refractivity contribution is 0.0642. The summed E-state index contributed by atoms with van der Waals surface area (Å²) in [5, 5.41) is 5.92. The zero-order chi connectivity index (χ0) is 38.4. The summed E-state index contributed by atoms with van der Waals surface area (Å²) in [4.78, 5) is 42.0. The Bertz CT molecular complexity index is 1880. The van der Waals surface area contributed by atoms with Crippen molar-refractivity contribution in [3.05, 3.63) is 119 Å². The molecule has 9 nitrogen and oxygen atoms in total. The molecule has 10 heteroatoms. The first-order valence-corrected chi connectivity index (χ1v) is 16.5. The predicted octanol–water partition coefficient (Wildman–Crippen LogP) is 6.60. The first kappa shape index (κ1) is 41.7. The number of rotatable bonds is 2. The van der Waals surface area contributed by atoms with E-state index in [-0.39, 0.29) is 40.4 Å². The van der Waals surface area contributed by atoms with Gasteiger partial charge in [-0.15, -0.1) is 0 Å². The number of benzene rings is 2. The number of carbonyl (C=O) groups is 2. The van der Waals surface area contributed by atoms with Gasteiger partial charge < -0.3 is 15.5 Å². The van der Waals surface area contributed by atoms with Gasteiger partial charge in [-0.2, -0.15) is 0 Å². The summed E-state index contributed by atoms with van der Waals surface area (Å²) in [5.41, 5.74) is 3.57. The van der Waals surface area contributed by atoms with Crippen LogP contribution in [0.4, 0.5) is 4.39 Å². The molecular weight excluding hydrogens is 641 g/mol. The number of nitrogens with one attached hydrogen (secondary N) is 2. The number of aryl methyl sites for hydroxylation is 1. The van der Waals surface area contributed by atoms with Crippen molar-refractivity contribution in [2.75, 3.05) is 14.1 Å². The standard InChI is InChI=1S/C18H18FN3O.C18H19N3O.C5H13N/c1-18(2,3)22(4)17(23)16-20-11-14(12-21-16)9-8-13-6-5-7-15(19)10-13;1-13-6-5-7-14(10-13)8-9-15-11-19-16(20-12-15)17(22)21-18(2,3)4;1-5(2,3)6-4/h5-7,10-12H,1-4H3;5-7,10-12H,1-4H3,(H,21,22);6H,1-4H3. The van der Waals surface area contributed by atoms with Crippen LogP contribution in [-0.2, 0) is 0 Å². The molecule has 0 aliphatic carbocycles. The molecule has 0 atom stereocenters. The minimum atomic E-state index is -0.334. The molecule has 0 fully saturated rings. The molecule has 0 saturated carbocycles. The van der Waals surface area contributed by atoms with Crippen LogP contribution in [0.2, 0.25) is 0 Å². The van der Waals surface area contributed by atoms with E-state index in [1.165, 1.54) is 24.5 Å². The van der Waals surface area contributed by atoms with Crippen molar-refractivity contribution in [2.24, 2.45) is 0 Å². The van der Waals surface area contributed by atoms with E-state index >= 15 is 0 Å². The number of nitrogens with zero attached hydrogens (tertiary/aromatic N) is 5. The van der Waals surface area contributed by atoms with Crippen LogP contribution in [0.5, 0.6) is 0 Å². The lowest BCUT2D eigenvalue weighted by Crippen LogP contribution is -2.43. The highest BCUT2D eigenvalue weighted by Gasteiger charge is 2.25. The molecule has 4 rings (SSSR count). The van der Waals surface area contributed by atoms with Crippen molar-refractivity contribution in [1.29, 1.82) is 0 Å². The fraction of sp³-hybridized carbons (Fsp3) is 0.366. The minimum absolute atomic E-state index is 0.124. The lowest BCUT2D eigenvalue weighted by atomic mass is 10.1. The zero-order valence-corrected chi connectivity index (χ0v) is 31.9. The molecule has 0 aliphatic heterocycles. The molecular formula is C41H50FN7O2. The van der Waals surface area contributed by atoms with E-state index < -0.39 is 0 Å². The summed E-state index contributed by atoms with van der Waals surface area (Å²) in [7, 11) is 3.67. The van der Waals surface area contributed by atoms with Crippen LogP contribution in [0.3, 0.4) is 0 Å². The zero-order valence-electron chi connectivity index (χ0n) is 31.9. The Morgan fingerprint density at radius 1 is 0.667 bits per heavy atom. The van der Waals surface area contributed by atoms with Crippen molar-refractivity contribution in [3.63, 3.8) is 0 Å². The largest absolute Gasteiger partial charge is 0.345 e. The maximum Gasteiger partial charge on any atom is 0.291 e. The van der Waals surface area contributed by atoms with E-state index in [2.05, 4.69) is 75.0 Å². The number of hydrogen-bond donors (Lipinski definition) is 2. The van der Waals surface area contributed by atoms with Crippen LogP contribution in [-0.4, -0.2) is 67.4 Å². The van der Waals surface area contributed by atoms with Crippen LogP contribution < -0.4 is 10.6 Å². The first-order valence-electron chi connectivity index (χ1n) is 16.5. The predicted molar refractivity (Wildman–Crippen MR) is 201 cm³/mol. The van der Waals surface area contributed by atoms with Crippen LogP contribution >= 0.6 is 0 Å². The molecule has 0 saturated heterocycles. The summed E-state index contributed by atoms with van der Waals surface area (Å²) in [6.45, 7) is 20.0. The van der Waals surface area contributed by atoms with Gasteiger partial charge in [-0.1, -0.05) is 41.9 Å². The van der Waals surface area contributed by atoms with Gasteiger partial charge in [0.05, 0.1) is 11.1 Å². The number of amides is 2. The van der Waals surface area contributed by atoms with E-state index in [0.29, 0.717) is 22.2 Å². The monoisotopic (exact) mass is 691 g/mol. The van der Waals surface area contributed by atoms with Crippen LogP contribution in [0.25, 0.3) is 0 Å². The summed E-state index contributed by atoms with van der Waals surface area (Å²) in [6, 6.07) is 14.0.